The van der Waals surface area contributed by atoms with Crippen LogP contribution in [0, 0.1) is 6.92 Å². The number of fused-ring (bicyclic) bond motifs is 2. The number of nitrogens with zero attached hydrogens (tertiary/aromatic N) is 4. The van der Waals surface area contributed by atoms with E-state index in [1.165, 1.54) is 11.3 Å². The van der Waals surface area contributed by atoms with E-state index in [1.54, 1.807) is 17.8 Å². The van der Waals surface area contributed by atoms with Crippen molar-refractivity contribution >= 4 is 38.9 Å². The largest absolute Gasteiger partial charge is 0.322 e. The van der Waals surface area contributed by atoms with E-state index in [9.17, 15) is 4.79 Å². The van der Waals surface area contributed by atoms with E-state index in [1.807, 2.05) is 60.0 Å². The van der Waals surface area contributed by atoms with E-state index >= 15 is 0 Å². The molecule has 2 aromatic carbocycles. The summed E-state index contributed by atoms with van der Waals surface area (Å²) in [7, 11) is 0. The van der Waals surface area contributed by atoms with Gasteiger partial charge >= 0.3 is 0 Å². The van der Waals surface area contributed by atoms with E-state index in [4.69, 9.17) is 0 Å². The fourth-order valence-corrected chi connectivity index (χ4v) is 3.94. The average molecular weight is 385 g/mol. The van der Waals surface area contributed by atoms with E-state index in [0.717, 1.165) is 32.9 Å². The summed E-state index contributed by atoms with van der Waals surface area (Å²) in [6.45, 7) is 2.01. The van der Waals surface area contributed by atoms with Gasteiger partial charge in [-0.25, -0.2) is 15.0 Å². The van der Waals surface area contributed by atoms with E-state index in [2.05, 4.69) is 20.3 Å². The zero-order valence-electron chi connectivity index (χ0n) is 15.0. The number of aromatic nitrogens is 4. The number of amides is 1. The number of hydrogen-bond donors (Lipinski definition) is 1. The highest BCUT2D eigenvalue weighted by Gasteiger charge is 2.13. The number of carbonyl (C=O) groups excluding carboxylic acids is 1. The highest BCUT2D eigenvalue weighted by molar-refractivity contribution is 7.16. The summed E-state index contributed by atoms with van der Waals surface area (Å²) in [6.07, 6.45) is 3.66. The number of anilines is 1. The average Bonchev–Trinajstić information content (AvgIpc) is 3.32. The van der Waals surface area contributed by atoms with Crippen LogP contribution in [0.2, 0.25) is 0 Å². The fraction of sp³-hybridized carbons (Fsp3) is 0.0476. The minimum Gasteiger partial charge on any atom is -0.322 e. The number of benzene rings is 2. The zero-order chi connectivity index (χ0) is 19.1. The molecule has 0 bridgehead atoms. The summed E-state index contributed by atoms with van der Waals surface area (Å²) in [5.74, 6) is 0.503. The third-order valence-electron chi connectivity index (χ3n) is 4.63. The number of carbonyl (C=O) groups is 1. The highest BCUT2D eigenvalue weighted by Crippen LogP contribution is 2.26. The van der Waals surface area contributed by atoms with Gasteiger partial charge in [-0.05, 0) is 43.3 Å². The molecule has 0 unspecified atom stereocenters. The van der Waals surface area contributed by atoms with Crippen LogP contribution in [0.3, 0.4) is 0 Å². The summed E-state index contributed by atoms with van der Waals surface area (Å²) in [5.41, 5.74) is 6.79. The van der Waals surface area contributed by atoms with Gasteiger partial charge in [-0.1, -0.05) is 12.1 Å². The normalized spacial score (nSPS) is 11.2. The van der Waals surface area contributed by atoms with Crippen molar-refractivity contribution in [3.63, 3.8) is 0 Å². The first kappa shape index (κ1) is 16.6. The summed E-state index contributed by atoms with van der Waals surface area (Å²) in [5, 5.41) is 2.97. The molecule has 3 aromatic heterocycles. The molecule has 136 valence electrons. The predicted molar refractivity (Wildman–Crippen MR) is 111 cm³/mol. The van der Waals surface area contributed by atoms with Crippen LogP contribution in [0.25, 0.3) is 27.3 Å². The Hall–Kier alpha value is -3.58. The van der Waals surface area contributed by atoms with Gasteiger partial charge in [0.1, 0.15) is 0 Å². The summed E-state index contributed by atoms with van der Waals surface area (Å²) in [4.78, 5) is 25.8. The second kappa shape index (κ2) is 6.54. The van der Waals surface area contributed by atoms with Gasteiger partial charge in [-0.2, -0.15) is 0 Å². The molecule has 0 saturated heterocycles. The van der Waals surface area contributed by atoms with Crippen LogP contribution in [0.4, 0.5) is 5.69 Å². The molecule has 0 aliphatic heterocycles. The second-order valence-corrected chi connectivity index (χ2v) is 7.29. The van der Waals surface area contributed by atoms with Gasteiger partial charge in [0.25, 0.3) is 5.91 Å². The lowest BCUT2D eigenvalue weighted by molar-refractivity contribution is 0.102. The molecule has 0 fully saturated rings. The molecule has 5 rings (SSSR count). The molecule has 28 heavy (non-hydrogen) atoms. The summed E-state index contributed by atoms with van der Waals surface area (Å²) in [6, 6.07) is 15.1. The van der Waals surface area contributed by atoms with Crippen molar-refractivity contribution in [2.24, 2.45) is 0 Å². The van der Waals surface area contributed by atoms with Crippen LogP contribution in [-0.2, 0) is 0 Å². The first-order valence-corrected chi connectivity index (χ1v) is 9.62. The van der Waals surface area contributed by atoms with Crippen molar-refractivity contribution in [3.05, 3.63) is 77.7 Å². The Morgan fingerprint density at radius 2 is 2.04 bits per heavy atom. The van der Waals surface area contributed by atoms with Gasteiger partial charge in [-0.15, -0.1) is 11.3 Å². The Labute approximate surface area is 164 Å². The smallest absolute Gasteiger partial charge is 0.255 e. The molecule has 5 aromatic rings. The van der Waals surface area contributed by atoms with E-state index in [0.29, 0.717) is 11.3 Å². The van der Waals surface area contributed by atoms with Crippen LogP contribution in [0.5, 0.6) is 0 Å². The Bertz CT molecular complexity index is 1340. The predicted octanol–water partition coefficient (Wildman–Crippen LogP) is 4.57. The Kier molecular flexibility index (Phi) is 3.87. The molecule has 0 radical (unpaired) electrons. The summed E-state index contributed by atoms with van der Waals surface area (Å²) < 4.78 is 2.94. The Morgan fingerprint density at radius 3 is 2.93 bits per heavy atom. The number of rotatable bonds is 3. The lowest BCUT2D eigenvalue weighted by Crippen LogP contribution is -2.11. The van der Waals surface area contributed by atoms with Gasteiger partial charge < -0.3 is 5.32 Å². The highest BCUT2D eigenvalue weighted by atomic mass is 32.1. The molecule has 0 aliphatic rings. The van der Waals surface area contributed by atoms with Crippen molar-refractivity contribution in [2.45, 2.75) is 6.92 Å². The SMILES string of the molecule is Cc1c(-c2cccc(NC(=O)c3ccc4ncsc4c3)c2)nc2ncccn12. The molecule has 1 amide bonds. The topological polar surface area (TPSA) is 72.2 Å². The van der Waals surface area contributed by atoms with Crippen LogP contribution < -0.4 is 5.32 Å². The van der Waals surface area contributed by atoms with Crippen LogP contribution in [0.1, 0.15) is 16.1 Å². The monoisotopic (exact) mass is 385 g/mol. The minimum absolute atomic E-state index is 0.152. The summed E-state index contributed by atoms with van der Waals surface area (Å²) >= 11 is 1.52. The van der Waals surface area contributed by atoms with Gasteiger partial charge in [0.15, 0.2) is 0 Å². The van der Waals surface area contributed by atoms with Crippen LogP contribution >= 0.6 is 11.3 Å². The standard InChI is InChI=1S/C21H15N5OS/c1-13-19(25-21-22-8-3-9-26(13)21)14-4-2-5-16(10-14)24-20(27)15-6-7-17-18(11-15)28-12-23-17/h2-12H,1H3,(H,24,27). The molecule has 3 heterocycles. The van der Waals surface area contributed by atoms with Gasteiger partial charge in [0.2, 0.25) is 5.78 Å². The third kappa shape index (κ3) is 2.82. The van der Waals surface area contributed by atoms with Gasteiger partial charge in [-0.3, -0.25) is 9.20 Å². The molecule has 0 atom stereocenters. The fourth-order valence-electron chi connectivity index (χ4n) is 3.22. The lowest BCUT2D eigenvalue weighted by atomic mass is 10.1. The maximum atomic E-state index is 12.7. The number of hydrogen-bond acceptors (Lipinski definition) is 5. The van der Waals surface area contributed by atoms with E-state index in [-0.39, 0.29) is 5.91 Å². The van der Waals surface area contributed by atoms with Crippen molar-refractivity contribution in [2.75, 3.05) is 5.32 Å². The number of nitrogens with one attached hydrogen (secondary N) is 1. The molecular weight excluding hydrogens is 370 g/mol. The number of aryl methyl sites for hydroxylation is 1. The quantitative estimate of drug-likeness (QED) is 0.494. The lowest BCUT2D eigenvalue weighted by Gasteiger charge is -2.07. The van der Waals surface area contributed by atoms with Crippen molar-refractivity contribution in [1.82, 2.24) is 19.4 Å². The maximum absolute atomic E-state index is 12.7. The molecule has 0 aliphatic carbocycles. The van der Waals surface area contributed by atoms with Gasteiger partial charge in [0.05, 0.1) is 21.4 Å². The molecule has 0 spiro atoms. The maximum Gasteiger partial charge on any atom is 0.255 e. The third-order valence-corrected chi connectivity index (χ3v) is 5.42. The molecular formula is C21H15N5OS. The van der Waals surface area contributed by atoms with E-state index < -0.39 is 0 Å². The van der Waals surface area contributed by atoms with Crippen molar-refractivity contribution in [1.29, 1.82) is 0 Å². The molecule has 1 N–H and O–H groups in total. The number of thiazole rings is 1. The Balaban J connectivity index is 1.46. The van der Waals surface area contributed by atoms with Crippen molar-refractivity contribution < 1.29 is 4.79 Å². The zero-order valence-corrected chi connectivity index (χ0v) is 15.8. The van der Waals surface area contributed by atoms with Gasteiger partial charge in [0, 0.05) is 34.9 Å². The molecule has 0 saturated carbocycles. The first-order chi connectivity index (χ1) is 13.7. The minimum atomic E-state index is -0.152. The second-order valence-electron chi connectivity index (χ2n) is 6.41. The molecule has 6 nitrogen and oxygen atoms in total. The van der Waals surface area contributed by atoms with Crippen LogP contribution in [-0.4, -0.2) is 25.3 Å². The van der Waals surface area contributed by atoms with Crippen LogP contribution in [0.15, 0.2) is 66.4 Å². The number of imidazole rings is 1. The first-order valence-electron chi connectivity index (χ1n) is 8.74. The van der Waals surface area contributed by atoms with Crippen molar-refractivity contribution in [3.8, 4) is 11.3 Å². The Morgan fingerprint density at radius 1 is 1.11 bits per heavy atom. The molecule has 7 heteroatoms.